The second kappa shape index (κ2) is 4.24. The van der Waals surface area contributed by atoms with Gasteiger partial charge in [0.15, 0.2) is 0 Å². The molecule has 70 valence electrons. The highest BCUT2D eigenvalue weighted by Gasteiger charge is 2.20. The molecular formula is C10H21NSi. The molecule has 1 aliphatic heterocycles. The maximum atomic E-state index is 2.57. The van der Waals surface area contributed by atoms with Crippen molar-refractivity contribution in [2.45, 2.75) is 32.5 Å². The average molecular weight is 183 g/mol. The van der Waals surface area contributed by atoms with Crippen molar-refractivity contribution in [3.8, 4) is 0 Å². The highest BCUT2D eigenvalue weighted by molar-refractivity contribution is 6.82. The molecule has 1 nitrogen and oxygen atoms in total. The zero-order valence-electron chi connectivity index (χ0n) is 8.64. The first kappa shape index (κ1) is 10.0. The van der Waals surface area contributed by atoms with Crippen molar-refractivity contribution in [3.63, 3.8) is 0 Å². The van der Waals surface area contributed by atoms with Gasteiger partial charge in [0.2, 0.25) is 0 Å². The molecule has 0 amide bonds. The monoisotopic (exact) mass is 183 g/mol. The van der Waals surface area contributed by atoms with Crippen LogP contribution in [0.4, 0.5) is 0 Å². The van der Waals surface area contributed by atoms with Crippen molar-refractivity contribution in [3.05, 3.63) is 11.8 Å². The first-order valence-corrected chi connectivity index (χ1v) is 8.29. The lowest BCUT2D eigenvalue weighted by Gasteiger charge is -2.32. The van der Waals surface area contributed by atoms with E-state index in [4.69, 9.17) is 0 Å². The number of likely N-dealkylation sites (tertiary alicyclic amines) is 1. The molecule has 0 aromatic carbocycles. The number of rotatable bonds is 4. The van der Waals surface area contributed by atoms with Crippen LogP contribution in [0.2, 0.25) is 19.1 Å². The van der Waals surface area contributed by atoms with Crippen LogP contribution in [0, 0.1) is 0 Å². The summed E-state index contributed by atoms with van der Waals surface area (Å²) < 4.78 is 0. The maximum Gasteiger partial charge on any atom is 0.0725 e. The molecule has 0 N–H and O–H groups in total. The van der Waals surface area contributed by atoms with Gasteiger partial charge in [-0.05, 0) is 39.0 Å². The zero-order chi connectivity index (χ0) is 9.03. The highest BCUT2D eigenvalue weighted by Crippen LogP contribution is 2.14. The number of hydrogen-bond donors (Lipinski definition) is 0. The lowest BCUT2D eigenvalue weighted by Crippen LogP contribution is -2.40. The van der Waals surface area contributed by atoms with E-state index in [0.29, 0.717) is 0 Å². The Morgan fingerprint density at radius 2 is 2.00 bits per heavy atom. The molecule has 12 heavy (non-hydrogen) atoms. The zero-order valence-corrected chi connectivity index (χ0v) is 9.64. The second-order valence-electron chi connectivity index (χ2n) is 4.43. The molecule has 0 bridgehead atoms. The van der Waals surface area contributed by atoms with Gasteiger partial charge in [-0.1, -0.05) is 24.9 Å². The molecule has 0 aromatic heterocycles. The first-order valence-electron chi connectivity index (χ1n) is 5.00. The average Bonchev–Trinajstić information content (AvgIpc) is 1.82. The van der Waals surface area contributed by atoms with E-state index in [2.05, 4.69) is 36.7 Å². The molecule has 2 heteroatoms. The minimum Gasteiger partial charge on any atom is -0.304 e. The van der Waals surface area contributed by atoms with Crippen molar-refractivity contribution in [1.29, 1.82) is 0 Å². The fourth-order valence-corrected chi connectivity index (χ4v) is 3.55. The Labute approximate surface area is 77.5 Å². The van der Waals surface area contributed by atoms with E-state index in [1.54, 1.807) is 0 Å². The first-order chi connectivity index (χ1) is 5.64. The second-order valence-corrected chi connectivity index (χ2v) is 9.24. The van der Waals surface area contributed by atoms with Gasteiger partial charge in [-0.3, -0.25) is 0 Å². The maximum absolute atomic E-state index is 2.57. The molecule has 0 saturated carbocycles. The summed E-state index contributed by atoms with van der Waals surface area (Å²) in [6.45, 7) is 11.1. The predicted molar refractivity (Wildman–Crippen MR) is 58.2 cm³/mol. The molecular weight excluding hydrogens is 162 g/mol. The standard InChI is InChI=1S/C10H21NSi/c1-4-9-12(2,3)10-8-11-6-5-7-11/h4,9H,5-8,10H2,1-3H3. The highest BCUT2D eigenvalue weighted by atomic mass is 28.3. The third-order valence-corrected chi connectivity index (χ3v) is 5.39. The van der Waals surface area contributed by atoms with Crippen molar-refractivity contribution in [2.75, 3.05) is 19.6 Å². The van der Waals surface area contributed by atoms with Crippen molar-refractivity contribution in [2.24, 2.45) is 0 Å². The van der Waals surface area contributed by atoms with E-state index in [1.165, 1.54) is 32.1 Å². The Morgan fingerprint density at radius 3 is 2.42 bits per heavy atom. The minimum absolute atomic E-state index is 0.971. The van der Waals surface area contributed by atoms with Gasteiger partial charge >= 0.3 is 0 Å². The summed E-state index contributed by atoms with van der Waals surface area (Å²) in [6.07, 6.45) is 3.65. The van der Waals surface area contributed by atoms with E-state index in [1.807, 2.05) is 0 Å². The molecule has 1 fully saturated rings. The quantitative estimate of drug-likeness (QED) is 0.605. The van der Waals surface area contributed by atoms with Gasteiger partial charge in [0, 0.05) is 0 Å². The van der Waals surface area contributed by atoms with Crippen molar-refractivity contribution >= 4 is 8.07 Å². The van der Waals surface area contributed by atoms with Crippen LogP contribution in [-0.4, -0.2) is 32.6 Å². The molecule has 1 rings (SSSR count). The summed E-state index contributed by atoms with van der Waals surface area (Å²) in [7, 11) is -0.971. The molecule has 0 unspecified atom stereocenters. The van der Waals surface area contributed by atoms with Gasteiger partial charge in [-0.25, -0.2) is 0 Å². The summed E-state index contributed by atoms with van der Waals surface area (Å²) in [5.41, 5.74) is 2.45. The SMILES string of the molecule is CC=C[Si](C)(C)CCN1CCC1. The summed E-state index contributed by atoms with van der Waals surface area (Å²) in [6, 6.07) is 1.43. The molecule has 1 heterocycles. The van der Waals surface area contributed by atoms with Crippen LogP contribution in [0.3, 0.4) is 0 Å². The van der Waals surface area contributed by atoms with Gasteiger partial charge in [0.25, 0.3) is 0 Å². The Morgan fingerprint density at radius 1 is 1.33 bits per heavy atom. The Hall–Kier alpha value is -0.0831. The van der Waals surface area contributed by atoms with Gasteiger partial charge in [0.1, 0.15) is 0 Å². The molecule has 0 spiro atoms. The van der Waals surface area contributed by atoms with Crippen LogP contribution in [-0.2, 0) is 0 Å². The van der Waals surface area contributed by atoms with Crippen LogP contribution in [0.1, 0.15) is 13.3 Å². The van der Waals surface area contributed by atoms with Crippen LogP contribution in [0.25, 0.3) is 0 Å². The third-order valence-electron chi connectivity index (χ3n) is 2.64. The summed E-state index contributed by atoms with van der Waals surface area (Å²) in [5.74, 6) is 0. The molecule has 0 aliphatic carbocycles. The molecule has 1 saturated heterocycles. The minimum atomic E-state index is -0.971. The number of nitrogens with zero attached hydrogens (tertiary/aromatic N) is 1. The third kappa shape index (κ3) is 3.11. The lowest BCUT2D eigenvalue weighted by atomic mass is 10.2. The smallest absolute Gasteiger partial charge is 0.0725 e. The predicted octanol–water partition coefficient (Wildman–Crippen LogP) is 2.52. The van der Waals surface area contributed by atoms with Gasteiger partial charge in [-0.2, -0.15) is 0 Å². The van der Waals surface area contributed by atoms with E-state index >= 15 is 0 Å². The fourth-order valence-electron chi connectivity index (χ4n) is 1.59. The summed E-state index contributed by atoms with van der Waals surface area (Å²) >= 11 is 0. The van der Waals surface area contributed by atoms with Gasteiger partial charge in [-0.15, -0.1) is 0 Å². The Kier molecular flexibility index (Phi) is 3.53. The molecule has 0 radical (unpaired) electrons. The Balaban J connectivity index is 2.19. The largest absolute Gasteiger partial charge is 0.304 e. The van der Waals surface area contributed by atoms with Crippen molar-refractivity contribution < 1.29 is 0 Å². The van der Waals surface area contributed by atoms with Gasteiger partial charge < -0.3 is 4.90 Å². The van der Waals surface area contributed by atoms with E-state index in [0.717, 1.165) is 0 Å². The molecule has 0 aromatic rings. The number of hydrogen-bond acceptors (Lipinski definition) is 1. The van der Waals surface area contributed by atoms with Crippen LogP contribution >= 0.6 is 0 Å². The topological polar surface area (TPSA) is 3.24 Å². The van der Waals surface area contributed by atoms with E-state index in [-0.39, 0.29) is 0 Å². The van der Waals surface area contributed by atoms with Crippen LogP contribution in [0.15, 0.2) is 11.8 Å². The van der Waals surface area contributed by atoms with Crippen LogP contribution < -0.4 is 0 Å². The van der Waals surface area contributed by atoms with Crippen LogP contribution in [0.5, 0.6) is 0 Å². The normalized spacial score (nSPS) is 19.9. The summed E-state index contributed by atoms with van der Waals surface area (Å²) in [5, 5.41) is 0. The van der Waals surface area contributed by atoms with Crippen molar-refractivity contribution in [1.82, 2.24) is 4.90 Å². The van der Waals surface area contributed by atoms with E-state index in [9.17, 15) is 0 Å². The van der Waals surface area contributed by atoms with Gasteiger partial charge in [0.05, 0.1) is 8.07 Å². The Bertz CT molecular complexity index is 159. The fraction of sp³-hybridized carbons (Fsp3) is 0.800. The lowest BCUT2D eigenvalue weighted by molar-refractivity contribution is 0.191. The molecule has 1 aliphatic rings. The summed E-state index contributed by atoms with van der Waals surface area (Å²) in [4.78, 5) is 2.57. The molecule has 0 atom stereocenters. The number of allylic oxidation sites excluding steroid dienone is 1. The van der Waals surface area contributed by atoms with E-state index < -0.39 is 8.07 Å².